The number of halogens is 1. The number of esters is 1. The Labute approximate surface area is 122 Å². The number of methoxy groups -OCH3 is 1. The Morgan fingerprint density at radius 1 is 1.60 bits per heavy atom. The van der Waals surface area contributed by atoms with Crippen molar-refractivity contribution in [2.45, 2.75) is 6.42 Å². The van der Waals surface area contributed by atoms with Gasteiger partial charge in [0.25, 0.3) is 10.0 Å². The van der Waals surface area contributed by atoms with Crippen molar-refractivity contribution in [2.24, 2.45) is 16.0 Å². The van der Waals surface area contributed by atoms with Crippen molar-refractivity contribution in [3.05, 3.63) is 21.7 Å². The third kappa shape index (κ3) is 3.73. The second kappa shape index (κ2) is 6.27. The van der Waals surface area contributed by atoms with E-state index in [0.29, 0.717) is 0 Å². The third-order valence-electron chi connectivity index (χ3n) is 2.49. The number of hydrogen-bond donors (Lipinski definition) is 1. The fourth-order valence-electron chi connectivity index (χ4n) is 1.51. The molecule has 0 amide bonds. The number of hydrogen-bond acceptors (Lipinski definition) is 5. The van der Waals surface area contributed by atoms with E-state index < -0.39 is 21.9 Å². The molecule has 0 spiro atoms. The van der Waals surface area contributed by atoms with Gasteiger partial charge in [0, 0.05) is 26.2 Å². The maximum Gasteiger partial charge on any atom is 0.312 e. The first-order valence-corrected chi connectivity index (χ1v) is 7.42. The van der Waals surface area contributed by atoms with E-state index in [1.54, 1.807) is 14.1 Å². The first-order valence-electron chi connectivity index (χ1n) is 5.60. The maximum absolute atomic E-state index is 12.1. The van der Waals surface area contributed by atoms with Crippen molar-refractivity contribution in [2.75, 3.05) is 21.2 Å². The molecule has 0 aromatic heterocycles. The molecule has 0 aromatic carbocycles. The Kier molecular flexibility index (Phi) is 5.18. The Hall–Kier alpha value is -1.54. The maximum atomic E-state index is 12.1. The highest BCUT2D eigenvalue weighted by Gasteiger charge is 2.31. The summed E-state index contributed by atoms with van der Waals surface area (Å²) in [5.41, 5.74) is 5.79. The number of sulfonamides is 1. The minimum atomic E-state index is -4.02. The molecule has 1 rings (SSSR count). The van der Waals surface area contributed by atoms with Crippen LogP contribution in [0.2, 0.25) is 0 Å². The number of nitrogens with zero attached hydrogens (tertiary/aromatic N) is 2. The summed E-state index contributed by atoms with van der Waals surface area (Å²) >= 11 is 5.91. The van der Waals surface area contributed by atoms with Gasteiger partial charge < -0.3 is 15.4 Å². The largest absolute Gasteiger partial charge is 0.469 e. The lowest BCUT2D eigenvalue weighted by Gasteiger charge is -2.19. The number of nitrogens with two attached hydrogens (primary N) is 1. The lowest BCUT2D eigenvalue weighted by Crippen LogP contribution is -2.23. The van der Waals surface area contributed by atoms with Crippen LogP contribution in [0, 0.1) is 5.92 Å². The van der Waals surface area contributed by atoms with E-state index >= 15 is 0 Å². The average molecular weight is 322 g/mol. The summed E-state index contributed by atoms with van der Waals surface area (Å²) in [6, 6.07) is 0. The number of carbonyl (C=O) groups excluding carboxylic acids is 1. The Balaban J connectivity index is 3.24. The zero-order chi connectivity index (χ0) is 15.5. The van der Waals surface area contributed by atoms with Crippen LogP contribution in [0.4, 0.5) is 0 Å². The summed E-state index contributed by atoms with van der Waals surface area (Å²) in [4.78, 5) is 12.7. The molecule has 0 aliphatic heterocycles. The highest BCUT2D eigenvalue weighted by atomic mass is 35.5. The standard InChI is InChI=1S/C11H16ClN3O4S/c1-15(2)6-14-20(17,18)9-5-7(11(16)19-3)4-8(13)10(9)12/h5-7H,4,13H2,1-3H3. The molecule has 0 radical (unpaired) electrons. The Morgan fingerprint density at radius 2 is 2.20 bits per heavy atom. The highest BCUT2D eigenvalue weighted by Crippen LogP contribution is 2.33. The normalized spacial score (nSPS) is 20.0. The molecule has 0 heterocycles. The third-order valence-corrected chi connectivity index (χ3v) is 4.32. The zero-order valence-electron chi connectivity index (χ0n) is 11.3. The van der Waals surface area contributed by atoms with Crippen molar-refractivity contribution < 1.29 is 17.9 Å². The molecular formula is C11H16ClN3O4S. The molecule has 0 fully saturated rings. The topological polar surface area (TPSA) is 102 Å². The van der Waals surface area contributed by atoms with Crippen LogP contribution in [0.15, 0.2) is 26.1 Å². The van der Waals surface area contributed by atoms with Crippen LogP contribution >= 0.6 is 11.6 Å². The van der Waals surface area contributed by atoms with Gasteiger partial charge in [0.1, 0.15) is 11.2 Å². The number of allylic oxidation sites excluding steroid dienone is 2. The molecule has 0 saturated carbocycles. The predicted octanol–water partition coefficient (Wildman–Crippen LogP) is 0.392. The zero-order valence-corrected chi connectivity index (χ0v) is 12.9. The van der Waals surface area contributed by atoms with Crippen molar-refractivity contribution in [3.8, 4) is 0 Å². The smallest absolute Gasteiger partial charge is 0.312 e. The van der Waals surface area contributed by atoms with Crippen LogP contribution in [0.3, 0.4) is 0 Å². The fraction of sp³-hybridized carbons (Fsp3) is 0.455. The lowest BCUT2D eigenvalue weighted by atomic mass is 9.98. The van der Waals surface area contributed by atoms with E-state index in [1.165, 1.54) is 18.1 Å². The first kappa shape index (κ1) is 16.5. The van der Waals surface area contributed by atoms with Crippen molar-refractivity contribution in [1.29, 1.82) is 0 Å². The molecule has 9 heteroatoms. The van der Waals surface area contributed by atoms with E-state index in [9.17, 15) is 13.2 Å². The summed E-state index contributed by atoms with van der Waals surface area (Å²) < 4.78 is 32.2. The van der Waals surface area contributed by atoms with Gasteiger partial charge in [0.2, 0.25) is 0 Å². The summed E-state index contributed by atoms with van der Waals surface area (Å²) in [6.45, 7) is 0. The molecule has 1 aliphatic rings. The molecule has 1 atom stereocenters. The van der Waals surface area contributed by atoms with Crippen LogP contribution in [0.5, 0.6) is 0 Å². The molecule has 0 saturated heterocycles. The fourth-order valence-corrected chi connectivity index (χ4v) is 3.07. The minimum absolute atomic E-state index is 0.110. The highest BCUT2D eigenvalue weighted by molar-refractivity contribution is 7.94. The monoisotopic (exact) mass is 321 g/mol. The van der Waals surface area contributed by atoms with Gasteiger partial charge >= 0.3 is 5.97 Å². The summed E-state index contributed by atoms with van der Waals surface area (Å²) in [6.07, 6.45) is 2.45. The van der Waals surface area contributed by atoms with Crippen LogP contribution in [-0.2, 0) is 19.6 Å². The van der Waals surface area contributed by atoms with Crippen molar-refractivity contribution in [3.63, 3.8) is 0 Å². The van der Waals surface area contributed by atoms with Crippen LogP contribution in [0.25, 0.3) is 0 Å². The Morgan fingerprint density at radius 3 is 2.70 bits per heavy atom. The molecule has 0 bridgehead atoms. The SMILES string of the molecule is COC(=O)C1C=C(S(=O)(=O)N=CN(C)C)C(Cl)=C(N)C1. The number of rotatable bonds is 4. The Bertz CT molecular complexity index is 593. The van der Waals surface area contributed by atoms with Gasteiger partial charge in [0.05, 0.1) is 18.1 Å². The number of ether oxygens (including phenoxy) is 1. The van der Waals surface area contributed by atoms with Gasteiger partial charge in [-0.2, -0.15) is 8.42 Å². The van der Waals surface area contributed by atoms with Crippen LogP contribution in [-0.4, -0.2) is 46.8 Å². The van der Waals surface area contributed by atoms with Gasteiger partial charge in [-0.25, -0.2) is 0 Å². The van der Waals surface area contributed by atoms with Gasteiger partial charge in [-0.05, 0) is 6.08 Å². The van der Waals surface area contributed by atoms with E-state index in [1.807, 2.05) is 0 Å². The van der Waals surface area contributed by atoms with E-state index in [-0.39, 0.29) is 22.1 Å². The molecule has 1 aliphatic carbocycles. The van der Waals surface area contributed by atoms with E-state index in [4.69, 9.17) is 17.3 Å². The number of carbonyl (C=O) groups is 1. The predicted molar refractivity (Wildman–Crippen MR) is 76.4 cm³/mol. The lowest BCUT2D eigenvalue weighted by molar-refractivity contribution is -0.143. The second-order valence-corrected chi connectivity index (χ2v) is 6.34. The van der Waals surface area contributed by atoms with E-state index in [2.05, 4.69) is 9.13 Å². The van der Waals surface area contributed by atoms with Gasteiger partial charge in [-0.15, -0.1) is 4.40 Å². The molecular weight excluding hydrogens is 306 g/mol. The van der Waals surface area contributed by atoms with E-state index in [0.717, 1.165) is 6.34 Å². The molecule has 7 nitrogen and oxygen atoms in total. The molecule has 0 aromatic rings. The molecule has 2 N–H and O–H groups in total. The minimum Gasteiger partial charge on any atom is -0.469 e. The van der Waals surface area contributed by atoms with Crippen LogP contribution in [0.1, 0.15) is 6.42 Å². The molecule has 112 valence electrons. The summed E-state index contributed by atoms with van der Waals surface area (Å²) in [5.74, 6) is -1.37. The van der Waals surface area contributed by atoms with Gasteiger partial charge in [-0.1, -0.05) is 11.6 Å². The quantitative estimate of drug-likeness (QED) is 0.456. The molecule has 20 heavy (non-hydrogen) atoms. The van der Waals surface area contributed by atoms with Crippen molar-refractivity contribution >= 4 is 33.9 Å². The van der Waals surface area contributed by atoms with Gasteiger partial charge in [0.15, 0.2) is 0 Å². The second-order valence-electron chi connectivity index (χ2n) is 4.36. The van der Waals surface area contributed by atoms with Crippen LogP contribution < -0.4 is 5.73 Å². The summed E-state index contributed by atoms with van der Waals surface area (Å²) in [5, 5.41) is -0.110. The summed E-state index contributed by atoms with van der Waals surface area (Å²) in [7, 11) is 0.434. The van der Waals surface area contributed by atoms with Gasteiger partial charge in [-0.3, -0.25) is 4.79 Å². The average Bonchev–Trinajstić information content (AvgIpc) is 2.38. The van der Waals surface area contributed by atoms with Crippen molar-refractivity contribution in [1.82, 2.24) is 4.90 Å². The first-order chi connectivity index (χ1) is 9.19. The molecule has 1 unspecified atom stereocenters.